The molecule has 12 rings (SSSR count). The number of benzene rings is 4. The molecule has 8 aliphatic rings. The molecule has 9 atom stereocenters. The third-order valence-corrected chi connectivity index (χ3v) is 20.2. The molecule has 0 aliphatic carbocycles. The molecule has 4 aromatic rings. The van der Waals surface area contributed by atoms with Crippen molar-refractivity contribution in [2.75, 3.05) is 66.2 Å². The van der Waals surface area contributed by atoms with Gasteiger partial charge in [0.05, 0.1) is 2.74 Å². The number of hydrogen-bond donors (Lipinski definition) is 0. The molecule has 0 amide bonds. The van der Waals surface area contributed by atoms with E-state index in [-0.39, 0.29) is 12.3 Å². The molecular weight excluding hydrogens is 1210 g/mol. The van der Waals surface area contributed by atoms with Gasteiger partial charge in [-0.2, -0.15) is 0 Å². The Morgan fingerprint density at radius 1 is 0.316 bits per heavy atom. The third kappa shape index (κ3) is 14.7. The SMILES string of the molecule is Cc1cc(N2C=CN(C(C)C)[C@@H]2C)c(C)c(N2C=CN(C(C)C)[C@H]2C)c1.[2H]C([2H])([2H])C([2H])(C)N1C=CN(c2cc(C)cc(N3C=CN(C([2H])(C([2H])([2H])[2H])C([2H])([2H])[2H])[C@@H]3C)c2C)[C@@H]1C.[2H]C([2H])([2H])C([2H])([2H])N1C=CN(c2cc(C)cc(N3C=CN(C([2H])([2H])C([2H])([2H])[2H])[C@H]3C)c2C)[C@H]1C.[2H]C([2H])([2H])N1C=CN(c2cc(C)cc(N3C=CN(C)[C@H]3C)c2C)[C@H]1C. The molecule has 16 nitrogen and oxygen atoms in total. The van der Waals surface area contributed by atoms with Gasteiger partial charge in [-0.25, -0.2) is 0 Å². The predicted octanol–water partition coefficient (Wildman–Crippen LogP) is 17.7. The van der Waals surface area contributed by atoms with Crippen LogP contribution in [0.4, 0.5) is 45.5 Å². The number of hydrogen-bond acceptors (Lipinski definition) is 16. The second-order valence-electron chi connectivity index (χ2n) is 27.4. The van der Waals surface area contributed by atoms with Crippen LogP contribution < -0.4 is 39.2 Å². The van der Waals surface area contributed by atoms with Crippen molar-refractivity contribution >= 4 is 45.5 Å². The largest absolute Gasteiger partial charge is 0.359 e. The van der Waals surface area contributed by atoms with E-state index < -0.39 is 90.9 Å². The Morgan fingerprint density at radius 2 is 0.561 bits per heavy atom. The molecule has 98 heavy (non-hydrogen) atoms. The van der Waals surface area contributed by atoms with Gasteiger partial charge in [-0.1, -0.05) is 0 Å². The first-order valence-electron chi connectivity index (χ1n) is 46.1. The van der Waals surface area contributed by atoms with Gasteiger partial charge in [0.15, 0.2) is 0 Å². The van der Waals surface area contributed by atoms with Crippen molar-refractivity contribution in [1.29, 1.82) is 0 Å². The lowest BCUT2D eigenvalue weighted by atomic mass is 10.1. The molecule has 532 valence electrons. The lowest BCUT2D eigenvalue weighted by Crippen LogP contribution is -2.41. The van der Waals surface area contributed by atoms with E-state index in [2.05, 4.69) is 174 Å². The molecule has 0 spiro atoms. The second kappa shape index (κ2) is 30.4. The third-order valence-electron chi connectivity index (χ3n) is 20.2. The van der Waals surface area contributed by atoms with Gasteiger partial charge in [-0.15, -0.1) is 0 Å². The maximum absolute atomic E-state index is 8.57. The van der Waals surface area contributed by atoms with Gasteiger partial charge < -0.3 is 78.4 Å². The average Bonchev–Trinajstić information content (AvgIpc) is 1.42. The van der Waals surface area contributed by atoms with Crippen LogP contribution in [0.5, 0.6) is 0 Å². The Morgan fingerprint density at radius 3 is 0.827 bits per heavy atom. The van der Waals surface area contributed by atoms with Gasteiger partial charge in [0.2, 0.25) is 0 Å². The van der Waals surface area contributed by atoms with Gasteiger partial charge in [0.1, 0.15) is 49.3 Å². The standard InChI is InChI=1S/2C22H34N4.C20H30N4.C18H26N4/c2*1-15(2)23-9-11-25(19(23)7)21-13-17(5)14-22(18(21)6)26-12-10-24(16(3)4)20(26)8;1-7-21-9-11-23(17(21)5)19-13-15(3)14-20(16(19)4)24-12-10-22(8-2)18(24)6;1-13-11-17(21-9-7-19(5)15(21)3)14(2)18(12-13)22-10-8-20(6)16(22)4/h2*9-16,19-20H,1-8H3;9-14,17-18H,7-8H2,1-6H3;7-12,15-16H,1-6H3/t2*19-,20+;17-,18+;15-,16+/i1D3,2D3,3D3,15D,16D;;1D3,2D3,7D2,8D2;5D3/t16?,19-,20+;;2m/m0..0/s1. The summed E-state index contributed by atoms with van der Waals surface area (Å²) in [4.78, 5) is 29.5. The minimum absolute atomic E-state index is 0.249. The molecule has 0 saturated carbocycles. The molecule has 0 N–H and O–H groups in total. The quantitative estimate of drug-likeness (QED) is 0.120. The highest BCUT2D eigenvalue weighted by Gasteiger charge is 2.35. The van der Waals surface area contributed by atoms with Crippen LogP contribution in [0, 0.1) is 55.4 Å². The Kier molecular flexibility index (Phi) is 14.7. The normalized spacial score (nSPS) is 28.5. The summed E-state index contributed by atoms with van der Waals surface area (Å²) < 4.78 is 189. The summed E-state index contributed by atoms with van der Waals surface area (Å²) in [6, 6.07) is 12.9. The summed E-state index contributed by atoms with van der Waals surface area (Å²) in [5.41, 5.74) is 15.9. The topological polar surface area (TPSA) is 51.8 Å². The highest BCUT2D eigenvalue weighted by Crippen LogP contribution is 2.43. The van der Waals surface area contributed by atoms with E-state index in [1.807, 2.05) is 74.9 Å². The smallest absolute Gasteiger partial charge is 0.103 e. The highest BCUT2D eigenvalue weighted by atomic mass is 15.4. The van der Waals surface area contributed by atoms with E-state index in [4.69, 9.17) is 32.9 Å². The summed E-state index contributed by atoms with van der Waals surface area (Å²) in [7, 11) is 2.06. The summed E-state index contributed by atoms with van der Waals surface area (Å²) >= 11 is 0. The van der Waals surface area contributed by atoms with Gasteiger partial charge in [-0.3, -0.25) is 0 Å². The van der Waals surface area contributed by atoms with Gasteiger partial charge in [0, 0.05) is 226 Å². The fourth-order valence-electron chi connectivity index (χ4n) is 14.1. The Labute approximate surface area is 627 Å². The zero-order valence-corrected chi connectivity index (χ0v) is 61.8. The number of nitrogens with zero attached hydrogens (tertiary/aromatic N) is 16. The van der Waals surface area contributed by atoms with Crippen molar-refractivity contribution in [1.82, 2.24) is 39.2 Å². The van der Waals surface area contributed by atoms with Crippen LogP contribution in [0.3, 0.4) is 0 Å². The van der Waals surface area contributed by atoms with Crippen molar-refractivity contribution in [3.8, 4) is 0 Å². The minimum atomic E-state index is -3.11. The van der Waals surface area contributed by atoms with Crippen LogP contribution in [-0.2, 0) is 0 Å². The van der Waals surface area contributed by atoms with Crippen LogP contribution in [0.2, 0.25) is 0 Å². The zero-order valence-electron chi connectivity index (χ0n) is 85.8. The van der Waals surface area contributed by atoms with Gasteiger partial charge in [0.25, 0.3) is 0 Å². The van der Waals surface area contributed by atoms with Crippen LogP contribution >= 0.6 is 0 Å². The molecule has 8 aliphatic heterocycles. The van der Waals surface area contributed by atoms with Crippen LogP contribution in [-0.4, -0.2) is 140 Å². The van der Waals surface area contributed by atoms with Crippen molar-refractivity contribution in [2.24, 2.45) is 0 Å². The van der Waals surface area contributed by atoms with E-state index in [0.29, 0.717) is 30.1 Å². The van der Waals surface area contributed by atoms with E-state index in [1.54, 1.807) is 79.6 Å². The first-order chi connectivity index (χ1) is 55.7. The molecule has 16 heteroatoms. The molecule has 0 aromatic heterocycles. The molecular formula is C82H124N16. The second-order valence-corrected chi connectivity index (χ2v) is 27.4. The van der Waals surface area contributed by atoms with Crippen LogP contribution in [0.15, 0.2) is 148 Å². The van der Waals surface area contributed by atoms with E-state index in [9.17, 15) is 0 Å². The van der Waals surface area contributed by atoms with Crippen molar-refractivity contribution in [2.45, 2.75) is 253 Å². The Hall–Kier alpha value is -8.40. The minimum Gasteiger partial charge on any atom is -0.359 e. The fourth-order valence-corrected chi connectivity index (χ4v) is 14.1. The number of rotatable bonds is 14. The zero-order chi connectivity index (χ0) is 92.2. The van der Waals surface area contributed by atoms with E-state index in [0.717, 1.165) is 66.7 Å². The lowest BCUT2D eigenvalue weighted by molar-refractivity contribution is 0.262. The van der Waals surface area contributed by atoms with E-state index >= 15 is 0 Å². The summed E-state index contributed by atoms with van der Waals surface area (Å²) in [5, 5.41) is 0. The predicted molar refractivity (Wildman–Crippen MR) is 420 cm³/mol. The van der Waals surface area contributed by atoms with Crippen LogP contribution in [0.25, 0.3) is 0 Å². The first kappa shape index (κ1) is 47.6. The van der Waals surface area contributed by atoms with Crippen molar-refractivity contribution in [3.63, 3.8) is 0 Å². The van der Waals surface area contributed by atoms with Gasteiger partial charge in [-0.05, 0) is 273 Å². The van der Waals surface area contributed by atoms with Crippen molar-refractivity contribution < 1.29 is 32.9 Å². The van der Waals surface area contributed by atoms with Crippen LogP contribution in [0.1, 0.15) is 202 Å². The average molecular weight is 1360 g/mol. The maximum Gasteiger partial charge on any atom is 0.103 e. The molecule has 0 saturated heterocycles. The molecule has 4 aromatic carbocycles. The number of aryl methyl sites for hydroxylation is 4. The monoisotopic (exact) mass is 1360 g/mol. The number of anilines is 8. The van der Waals surface area contributed by atoms with Crippen molar-refractivity contribution in [3.05, 3.63) is 192 Å². The molecule has 8 heterocycles. The fraction of sp³-hybridized carbons (Fsp3) is 0.512. The van der Waals surface area contributed by atoms with E-state index in [1.165, 1.54) is 67.6 Å². The molecule has 0 radical (unpaired) electrons. The Bertz CT molecular complexity index is 4540. The summed E-state index contributed by atoms with van der Waals surface area (Å²) in [6.07, 6.45) is 27.1. The first-order valence-corrected chi connectivity index (χ1v) is 34.1. The summed E-state index contributed by atoms with van der Waals surface area (Å²) in [5.74, 6) is 0. The maximum atomic E-state index is 8.57. The lowest BCUT2D eigenvalue weighted by Gasteiger charge is -2.36. The molecule has 1 unspecified atom stereocenters. The van der Waals surface area contributed by atoms with Gasteiger partial charge >= 0.3 is 0 Å². The molecule has 0 bridgehead atoms. The Balaban J connectivity index is 0.000000187. The molecule has 0 fully saturated rings. The summed E-state index contributed by atoms with van der Waals surface area (Å²) in [6.45, 7) is 20.3. The highest BCUT2D eigenvalue weighted by molar-refractivity contribution is 5.76.